The Balaban J connectivity index is 2.13. The van der Waals surface area contributed by atoms with Gasteiger partial charge in [-0.15, -0.1) is 0 Å². The Morgan fingerprint density at radius 1 is 1.53 bits per heavy atom. The first-order valence-electron chi connectivity index (χ1n) is 6.80. The highest BCUT2D eigenvalue weighted by atomic mass is 79.9. The van der Waals surface area contributed by atoms with E-state index in [0.29, 0.717) is 11.4 Å². The van der Waals surface area contributed by atoms with Crippen molar-refractivity contribution in [2.24, 2.45) is 5.92 Å². The summed E-state index contributed by atoms with van der Waals surface area (Å²) >= 11 is 3.55. The van der Waals surface area contributed by atoms with E-state index in [9.17, 15) is 4.79 Å². The highest BCUT2D eigenvalue weighted by Crippen LogP contribution is 2.33. The minimum Gasteiger partial charge on any atom is -0.492 e. The maximum atomic E-state index is 11.8. The van der Waals surface area contributed by atoms with E-state index in [2.05, 4.69) is 28.2 Å². The van der Waals surface area contributed by atoms with Crippen LogP contribution in [0.1, 0.15) is 32.3 Å². The zero-order chi connectivity index (χ0) is 13.8. The average Bonchev–Trinajstić information content (AvgIpc) is 3.16. The summed E-state index contributed by atoms with van der Waals surface area (Å²) in [6.07, 6.45) is 2.96. The lowest BCUT2D eigenvalue weighted by atomic mass is 10.1. The van der Waals surface area contributed by atoms with Crippen LogP contribution in [0.4, 0.5) is 5.69 Å². The highest BCUT2D eigenvalue weighted by Gasteiger charge is 2.30. The molecule has 1 amide bonds. The number of alkyl halides is 1. The summed E-state index contributed by atoms with van der Waals surface area (Å²) in [7, 11) is 0. The van der Waals surface area contributed by atoms with Crippen molar-refractivity contribution in [3.05, 3.63) is 23.8 Å². The number of hydrogen-bond acceptors (Lipinski definition) is 2. The maximum Gasteiger partial charge on any atom is 0.227 e. The number of benzene rings is 1. The Hall–Kier alpha value is -1.03. The Labute approximate surface area is 122 Å². The molecule has 19 heavy (non-hydrogen) atoms. The minimum absolute atomic E-state index is 0.113. The zero-order valence-corrected chi connectivity index (χ0v) is 13.0. The second-order valence-electron chi connectivity index (χ2n) is 5.01. The van der Waals surface area contributed by atoms with Crippen LogP contribution in [0.15, 0.2) is 18.2 Å². The molecule has 0 aliphatic heterocycles. The molecule has 1 aromatic carbocycles. The van der Waals surface area contributed by atoms with Crippen LogP contribution in [0, 0.1) is 5.92 Å². The average molecular weight is 326 g/mol. The Morgan fingerprint density at radius 3 is 2.84 bits per heavy atom. The molecule has 1 unspecified atom stereocenters. The van der Waals surface area contributed by atoms with Gasteiger partial charge in [-0.1, -0.05) is 28.9 Å². The minimum atomic E-state index is 0.113. The molecule has 0 saturated heterocycles. The number of carbonyl (C=O) groups excluding carboxylic acids is 1. The monoisotopic (exact) mass is 325 g/mol. The lowest BCUT2D eigenvalue weighted by molar-refractivity contribution is -0.117. The third-order valence-corrected chi connectivity index (χ3v) is 3.39. The van der Waals surface area contributed by atoms with E-state index in [1.165, 1.54) is 5.56 Å². The number of nitrogens with one attached hydrogen (secondary N) is 1. The van der Waals surface area contributed by atoms with Gasteiger partial charge in [0.15, 0.2) is 0 Å². The molecule has 104 valence electrons. The normalized spacial score (nSPS) is 15.9. The smallest absolute Gasteiger partial charge is 0.227 e. The molecule has 0 radical (unpaired) electrons. The fourth-order valence-corrected chi connectivity index (χ4v) is 2.35. The molecule has 1 N–H and O–H groups in total. The van der Waals surface area contributed by atoms with E-state index >= 15 is 0 Å². The summed E-state index contributed by atoms with van der Waals surface area (Å²) < 4.78 is 5.63. The fourth-order valence-electron chi connectivity index (χ4n) is 1.98. The van der Waals surface area contributed by atoms with Gasteiger partial charge in [0.1, 0.15) is 5.75 Å². The number of hydrogen-bond donors (Lipinski definition) is 1. The van der Waals surface area contributed by atoms with Crippen LogP contribution in [-0.4, -0.2) is 17.3 Å². The molecule has 0 spiro atoms. The summed E-state index contributed by atoms with van der Waals surface area (Å²) in [5.41, 5.74) is 1.99. The number of ether oxygens (including phenoxy) is 1. The predicted octanol–water partition coefficient (Wildman–Crippen LogP) is 3.76. The molecule has 1 aromatic rings. The number of rotatable bonds is 6. The second kappa shape index (κ2) is 6.42. The van der Waals surface area contributed by atoms with Crippen LogP contribution in [0.25, 0.3) is 0 Å². The molecule has 1 atom stereocenters. The Kier molecular flexibility index (Phi) is 4.86. The summed E-state index contributed by atoms with van der Waals surface area (Å²) in [6, 6.07) is 6.00. The number of carbonyl (C=O) groups is 1. The van der Waals surface area contributed by atoms with Gasteiger partial charge < -0.3 is 10.1 Å². The number of halogens is 1. The summed E-state index contributed by atoms with van der Waals surface area (Å²) in [5.74, 6) is 1.08. The van der Waals surface area contributed by atoms with Crippen LogP contribution in [0.3, 0.4) is 0 Å². The van der Waals surface area contributed by atoms with Gasteiger partial charge in [-0.25, -0.2) is 0 Å². The fraction of sp³-hybridized carbons (Fsp3) is 0.533. The van der Waals surface area contributed by atoms with Gasteiger partial charge in [0.25, 0.3) is 0 Å². The van der Waals surface area contributed by atoms with Crippen molar-refractivity contribution >= 4 is 27.5 Å². The quantitative estimate of drug-likeness (QED) is 0.809. The molecule has 1 saturated carbocycles. The van der Waals surface area contributed by atoms with Crippen LogP contribution in [0.5, 0.6) is 5.75 Å². The van der Waals surface area contributed by atoms with Gasteiger partial charge in [0, 0.05) is 10.7 Å². The van der Waals surface area contributed by atoms with Crippen LogP contribution < -0.4 is 10.1 Å². The molecule has 1 aliphatic rings. The van der Waals surface area contributed by atoms with E-state index in [0.717, 1.165) is 30.7 Å². The standard InChI is InChI=1S/C15H20BrNO2/c1-3-19-14-9-11(8-10(2)16)4-7-13(14)17-15(18)12-5-6-12/h4,7,9-10,12H,3,5-6,8H2,1-2H3,(H,17,18). The third-order valence-electron chi connectivity index (χ3n) is 3.07. The van der Waals surface area contributed by atoms with Crippen molar-refractivity contribution in [3.63, 3.8) is 0 Å². The first-order chi connectivity index (χ1) is 9.10. The summed E-state index contributed by atoms with van der Waals surface area (Å²) in [5, 5.41) is 2.96. The molecule has 0 aromatic heterocycles. The van der Waals surface area contributed by atoms with Crippen LogP contribution in [-0.2, 0) is 11.2 Å². The molecule has 1 fully saturated rings. The summed E-state index contributed by atoms with van der Waals surface area (Å²) in [4.78, 5) is 12.2. The van der Waals surface area contributed by atoms with Crippen molar-refractivity contribution in [2.75, 3.05) is 11.9 Å². The van der Waals surface area contributed by atoms with Crippen molar-refractivity contribution < 1.29 is 9.53 Å². The lowest BCUT2D eigenvalue weighted by Gasteiger charge is -2.13. The van der Waals surface area contributed by atoms with Gasteiger partial charge in [0.2, 0.25) is 5.91 Å². The topological polar surface area (TPSA) is 38.3 Å². The van der Waals surface area contributed by atoms with Gasteiger partial charge in [-0.3, -0.25) is 4.79 Å². The molecule has 1 aliphatic carbocycles. The molecule has 3 nitrogen and oxygen atoms in total. The van der Waals surface area contributed by atoms with Crippen molar-refractivity contribution in [2.45, 2.75) is 37.9 Å². The van der Waals surface area contributed by atoms with E-state index in [4.69, 9.17) is 4.74 Å². The SMILES string of the molecule is CCOc1cc(CC(C)Br)ccc1NC(=O)C1CC1. The van der Waals surface area contributed by atoms with Crippen molar-refractivity contribution in [1.82, 2.24) is 0 Å². The molecule has 2 rings (SSSR count). The van der Waals surface area contributed by atoms with Crippen LogP contribution in [0.2, 0.25) is 0 Å². The van der Waals surface area contributed by atoms with Gasteiger partial charge in [-0.2, -0.15) is 0 Å². The molecule has 0 bridgehead atoms. The summed E-state index contributed by atoms with van der Waals surface area (Å²) in [6.45, 7) is 4.66. The first kappa shape index (κ1) is 14.4. The second-order valence-corrected chi connectivity index (χ2v) is 6.58. The largest absolute Gasteiger partial charge is 0.492 e. The Morgan fingerprint density at radius 2 is 2.26 bits per heavy atom. The van der Waals surface area contributed by atoms with E-state index in [-0.39, 0.29) is 11.8 Å². The van der Waals surface area contributed by atoms with Gasteiger partial charge in [0.05, 0.1) is 12.3 Å². The third kappa shape index (κ3) is 4.23. The Bertz CT molecular complexity index is 455. The van der Waals surface area contributed by atoms with Gasteiger partial charge >= 0.3 is 0 Å². The van der Waals surface area contributed by atoms with E-state index in [1.54, 1.807) is 0 Å². The van der Waals surface area contributed by atoms with Crippen molar-refractivity contribution in [3.8, 4) is 5.75 Å². The zero-order valence-electron chi connectivity index (χ0n) is 11.4. The molecular formula is C15H20BrNO2. The van der Waals surface area contributed by atoms with Crippen molar-refractivity contribution in [1.29, 1.82) is 0 Å². The number of anilines is 1. The molecule has 4 heteroatoms. The van der Waals surface area contributed by atoms with E-state index < -0.39 is 0 Å². The van der Waals surface area contributed by atoms with Crippen LogP contribution >= 0.6 is 15.9 Å². The lowest BCUT2D eigenvalue weighted by Crippen LogP contribution is -2.14. The first-order valence-corrected chi connectivity index (χ1v) is 7.72. The maximum absolute atomic E-state index is 11.8. The van der Waals surface area contributed by atoms with E-state index in [1.807, 2.05) is 25.1 Å². The van der Waals surface area contributed by atoms with Gasteiger partial charge in [-0.05, 0) is 43.9 Å². The molecule has 0 heterocycles. The number of amides is 1. The highest BCUT2D eigenvalue weighted by molar-refractivity contribution is 9.09. The predicted molar refractivity (Wildman–Crippen MR) is 81.1 cm³/mol. The molecular weight excluding hydrogens is 306 g/mol.